The molecule has 2 aromatic rings. The van der Waals surface area contributed by atoms with Gasteiger partial charge in [-0.2, -0.15) is 0 Å². The van der Waals surface area contributed by atoms with E-state index in [0.717, 1.165) is 43.5 Å². The third kappa shape index (κ3) is 3.55. The Hall–Kier alpha value is -2.29. The van der Waals surface area contributed by atoms with Crippen molar-refractivity contribution < 1.29 is 9.53 Å². The van der Waals surface area contributed by atoms with E-state index in [1.807, 2.05) is 6.92 Å². The first kappa shape index (κ1) is 15.6. The molecule has 1 aliphatic rings. The summed E-state index contributed by atoms with van der Waals surface area (Å²) in [5, 5.41) is 6.00. The van der Waals surface area contributed by atoms with E-state index in [1.165, 1.54) is 16.3 Å². The molecule has 0 aliphatic heterocycles. The second-order valence-electron chi connectivity index (χ2n) is 5.88. The molecule has 0 heterocycles. The summed E-state index contributed by atoms with van der Waals surface area (Å²) in [6, 6.07) is 14.8. The maximum Gasteiger partial charge on any atom is 0.335 e. The summed E-state index contributed by atoms with van der Waals surface area (Å²) >= 11 is 0. The predicted octanol–water partition coefficient (Wildman–Crippen LogP) is 4.32. The summed E-state index contributed by atoms with van der Waals surface area (Å²) < 4.78 is 5.20. The van der Waals surface area contributed by atoms with E-state index in [-0.39, 0.29) is 5.97 Å². The van der Waals surface area contributed by atoms with E-state index in [0.29, 0.717) is 6.61 Å². The summed E-state index contributed by atoms with van der Waals surface area (Å²) in [5.74, 6) is -0.160. The van der Waals surface area contributed by atoms with Crippen LogP contribution in [0, 0.1) is 0 Å². The average Bonchev–Trinajstić information content (AvgIpc) is 2.60. The zero-order chi connectivity index (χ0) is 16.1. The van der Waals surface area contributed by atoms with Crippen LogP contribution in [0.25, 0.3) is 10.8 Å². The molecule has 120 valence electrons. The molecule has 0 aromatic heterocycles. The number of rotatable bonds is 5. The van der Waals surface area contributed by atoms with Crippen LogP contribution in [-0.4, -0.2) is 12.6 Å². The van der Waals surface area contributed by atoms with Crippen molar-refractivity contribution in [3.63, 3.8) is 0 Å². The van der Waals surface area contributed by atoms with Crippen LogP contribution in [0.4, 0.5) is 0 Å². The minimum absolute atomic E-state index is 0.160. The summed E-state index contributed by atoms with van der Waals surface area (Å²) in [6.07, 6.45) is 3.93. The van der Waals surface area contributed by atoms with Gasteiger partial charge in [-0.3, -0.25) is 0 Å². The fourth-order valence-corrected chi connectivity index (χ4v) is 3.19. The van der Waals surface area contributed by atoms with Crippen LogP contribution >= 0.6 is 0 Å². The second kappa shape index (κ2) is 7.32. The normalized spacial score (nSPS) is 14.8. The van der Waals surface area contributed by atoms with Crippen LogP contribution in [-0.2, 0) is 16.1 Å². The predicted molar refractivity (Wildman–Crippen MR) is 92.9 cm³/mol. The van der Waals surface area contributed by atoms with Gasteiger partial charge in [-0.25, -0.2) is 4.79 Å². The summed E-state index contributed by atoms with van der Waals surface area (Å²) in [4.78, 5) is 12.1. The van der Waals surface area contributed by atoms with Gasteiger partial charge in [0.2, 0.25) is 0 Å². The van der Waals surface area contributed by atoms with Crippen molar-refractivity contribution in [3.8, 4) is 0 Å². The number of allylic oxidation sites excluding steroid dienone is 1. The Bertz CT molecular complexity index is 728. The topological polar surface area (TPSA) is 38.3 Å². The average molecular weight is 309 g/mol. The molecule has 0 saturated heterocycles. The van der Waals surface area contributed by atoms with E-state index in [9.17, 15) is 4.79 Å². The highest BCUT2D eigenvalue weighted by Crippen LogP contribution is 2.25. The first-order valence-corrected chi connectivity index (χ1v) is 8.39. The maximum atomic E-state index is 12.1. The van der Waals surface area contributed by atoms with Gasteiger partial charge in [0.25, 0.3) is 0 Å². The first-order valence-electron chi connectivity index (χ1n) is 8.39. The van der Waals surface area contributed by atoms with E-state index in [1.54, 1.807) is 0 Å². The van der Waals surface area contributed by atoms with Crippen LogP contribution in [0.1, 0.15) is 38.2 Å². The highest BCUT2D eigenvalue weighted by Gasteiger charge is 2.20. The lowest BCUT2D eigenvalue weighted by Crippen LogP contribution is -2.22. The fourth-order valence-electron chi connectivity index (χ4n) is 3.19. The Morgan fingerprint density at radius 3 is 2.74 bits per heavy atom. The zero-order valence-electron chi connectivity index (χ0n) is 13.6. The van der Waals surface area contributed by atoms with Gasteiger partial charge in [-0.15, -0.1) is 0 Å². The minimum atomic E-state index is -0.160. The Labute approximate surface area is 137 Å². The number of carbonyl (C=O) groups is 1. The molecule has 0 amide bonds. The van der Waals surface area contributed by atoms with E-state index in [2.05, 4.69) is 47.8 Å². The van der Waals surface area contributed by atoms with Gasteiger partial charge in [-0.1, -0.05) is 42.5 Å². The van der Waals surface area contributed by atoms with Gasteiger partial charge in [0, 0.05) is 12.2 Å². The highest BCUT2D eigenvalue weighted by atomic mass is 16.5. The van der Waals surface area contributed by atoms with Gasteiger partial charge in [0.05, 0.1) is 12.2 Å². The lowest BCUT2D eigenvalue weighted by molar-refractivity contribution is -0.138. The van der Waals surface area contributed by atoms with Crippen LogP contribution in [0.15, 0.2) is 53.7 Å². The molecule has 23 heavy (non-hydrogen) atoms. The van der Waals surface area contributed by atoms with Gasteiger partial charge < -0.3 is 10.1 Å². The molecule has 3 heteroatoms. The molecule has 3 rings (SSSR count). The number of hydrogen-bond acceptors (Lipinski definition) is 3. The molecule has 0 spiro atoms. The maximum absolute atomic E-state index is 12.1. The largest absolute Gasteiger partial charge is 0.463 e. The van der Waals surface area contributed by atoms with Crippen LogP contribution in [0.2, 0.25) is 0 Å². The van der Waals surface area contributed by atoms with Crippen molar-refractivity contribution in [2.45, 2.75) is 39.2 Å². The number of hydrogen-bond donors (Lipinski definition) is 1. The smallest absolute Gasteiger partial charge is 0.335 e. The minimum Gasteiger partial charge on any atom is -0.463 e. The lowest BCUT2D eigenvalue weighted by Gasteiger charge is -2.21. The number of nitrogens with one attached hydrogen (secondary N) is 1. The number of fused-ring (bicyclic) bond motifs is 1. The van der Waals surface area contributed by atoms with E-state index >= 15 is 0 Å². The van der Waals surface area contributed by atoms with Gasteiger partial charge >= 0.3 is 5.97 Å². The Balaban J connectivity index is 1.81. The van der Waals surface area contributed by atoms with E-state index in [4.69, 9.17) is 4.74 Å². The van der Waals surface area contributed by atoms with Crippen molar-refractivity contribution in [1.29, 1.82) is 0 Å². The second-order valence-corrected chi connectivity index (χ2v) is 5.88. The molecule has 0 atom stereocenters. The van der Waals surface area contributed by atoms with Gasteiger partial charge in [0.1, 0.15) is 0 Å². The molecule has 0 fully saturated rings. The Morgan fingerprint density at radius 1 is 1.09 bits per heavy atom. The van der Waals surface area contributed by atoms with Crippen molar-refractivity contribution in [3.05, 3.63) is 59.3 Å². The number of carbonyl (C=O) groups excluding carboxylic acids is 1. The van der Waals surface area contributed by atoms with Gasteiger partial charge in [0.15, 0.2) is 0 Å². The summed E-state index contributed by atoms with van der Waals surface area (Å²) in [5.41, 5.74) is 3.14. The zero-order valence-corrected chi connectivity index (χ0v) is 13.6. The standard InChI is InChI=1S/C20H23NO2/c1-2-23-20(22)18-12-5-6-13-19(18)21-14-16-10-7-9-15-8-3-4-11-17(15)16/h3-4,7-11,21H,2,5-6,12-14H2,1H3. The summed E-state index contributed by atoms with van der Waals surface area (Å²) in [7, 11) is 0. The molecular formula is C20H23NO2. The third-order valence-corrected chi connectivity index (χ3v) is 4.36. The molecule has 3 nitrogen and oxygen atoms in total. The molecule has 0 saturated carbocycles. The van der Waals surface area contributed by atoms with Crippen LogP contribution in [0.5, 0.6) is 0 Å². The third-order valence-electron chi connectivity index (χ3n) is 4.36. The molecule has 0 radical (unpaired) electrons. The number of benzene rings is 2. The molecular weight excluding hydrogens is 286 g/mol. The van der Waals surface area contributed by atoms with Crippen molar-refractivity contribution in [2.24, 2.45) is 0 Å². The Kier molecular flexibility index (Phi) is 4.96. The number of esters is 1. The van der Waals surface area contributed by atoms with Crippen LogP contribution in [0.3, 0.4) is 0 Å². The number of ether oxygens (including phenoxy) is 1. The fraction of sp³-hybridized carbons (Fsp3) is 0.350. The van der Waals surface area contributed by atoms with Crippen molar-refractivity contribution in [2.75, 3.05) is 6.61 Å². The highest BCUT2D eigenvalue weighted by molar-refractivity contribution is 5.89. The monoisotopic (exact) mass is 309 g/mol. The Morgan fingerprint density at radius 2 is 1.87 bits per heavy atom. The molecule has 0 unspecified atom stereocenters. The lowest BCUT2D eigenvalue weighted by atomic mass is 9.96. The van der Waals surface area contributed by atoms with E-state index < -0.39 is 0 Å². The summed E-state index contributed by atoms with van der Waals surface area (Å²) in [6.45, 7) is 3.02. The molecule has 1 N–H and O–H groups in total. The molecule has 0 bridgehead atoms. The van der Waals surface area contributed by atoms with Crippen LogP contribution < -0.4 is 5.32 Å². The molecule has 1 aliphatic carbocycles. The SMILES string of the molecule is CCOC(=O)C1=C(NCc2cccc3ccccc23)CCCC1. The van der Waals surface area contributed by atoms with Gasteiger partial charge in [-0.05, 0) is 48.9 Å². The van der Waals surface area contributed by atoms with Crippen molar-refractivity contribution >= 4 is 16.7 Å². The quantitative estimate of drug-likeness (QED) is 0.836. The van der Waals surface area contributed by atoms with Crippen molar-refractivity contribution in [1.82, 2.24) is 5.32 Å². The molecule has 2 aromatic carbocycles. The first-order chi connectivity index (χ1) is 11.3.